The largest absolute Gasteiger partial charge is 0.326 e. The average Bonchev–Trinajstić information content (AvgIpc) is 2.40. The molecule has 1 unspecified atom stereocenters. The van der Waals surface area contributed by atoms with Gasteiger partial charge in [-0.05, 0) is 36.8 Å². The Bertz CT molecular complexity index is 382. The van der Waals surface area contributed by atoms with Crippen molar-refractivity contribution in [2.24, 2.45) is 5.92 Å². The number of para-hydroxylation sites is 1. The molecule has 1 rings (SSSR count). The normalized spacial score (nSPS) is 12.5. The first-order valence-corrected chi connectivity index (χ1v) is 7.03. The number of carbonyl (C=O) groups excluding carboxylic acids is 1. The molecule has 0 spiro atoms. The van der Waals surface area contributed by atoms with Gasteiger partial charge in [-0.15, -0.1) is 0 Å². The quantitative estimate of drug-likeness (QED) is 0.783. The van der Waals surface area contributed by atoms with E-state index in [2.05, 4.69) is 39.1 Å². The lowest BCUT2D eigenvalue weighted by Gasteiger charge is -2.18. The molecule has 0 aromatic heterocycles. The number of carbonyl (C=O) groups is 1. The van der Waals surface area contributed by atoms with E-state index in [-0.39, 0.29) is 11.8 Å². The summed E-state index contributed by atoms with van der Waals surface area (Å²) < 4.78 is 0. The number of rotatable bonds is 6. The summed E-state index contributed by atoms with van der Waals surface area (Å²) in [5.74, 6) is 0.744. The molecule has 0 bridgehead atoms. The fraction of sp³-hybridized carbons (Fsp3) is 0.562. The summed E-state index contributed by atoms with van der Waals surface area (Å²) in [6.07, 6.45) is 2.87. The molecule has 0 aliphatic rings. The molecule has 0 heterocycles. The highest BCUT2D eigenvalue weighted by atomic mass is 16.1. The molecule has 0 fully saturated rings. The molecule has 0 saturated carbocycles. The molecule has 0 radical (unpaired) electrons. The van der Waals surface area contributed by atoms with Gasteiger partial charge in [-0.3, -0.25) is 4.79 Å². The number of hydrogen-bond acceptors (Lipinski definition) is 1. The minimum atomic E-state index is 0.120. The van der Waals surface area contributed by atoms with Crippen LogP contribution < -0.4 is 5.32 Å². The Morgan fingerprint density at radius 2 is 1.72 bits per heavy atom. The molecule has 100 valence electrons. The van der Waals surface area contributed by atoms with Gasteiger partial charge in [0.25, 0.3) is 0 Å². The highest BCUT2D eigenvalue weighted by molar-refractivity contribution is 5.93. The maximum absolute atomic E-state index is 12.1. The summed E-state index contributed by atoms with van der Waals surface area (Å²) in [5.41, 5.74) is 2.21. The number of anilines is 1. The van der Waals surface area contributed by atoms with Gasteiger partial charge in [-0.2, -0.15) is 0 Å². The van der Waals surface area contributed by atoms with Crippen molar-refractivity contribution < 1.29 is 4.79 Å². The van der Waals surface area contributed by atoms with Crippen LogP contribution in [-0.4, -0.2) is 5.91 Å². The van der Waals surface area contributed by atoms with E-state index >= 15 is 0 Å². The number of nitrogens with one attached hydrogen (secondary N) is 1. The number of amides is 1. The first-order chi connectivity index (χ1) is 8.63. The van der Waals surface area contributed by atoms with Crippen LogP contribution in [0.3, 0.4) is 0 Å². The Morgan fingerprint density at radius 1 is 1.11 bits per heavy atom. The molecule has 0 saturated heterocycles. The predicted molar refractivity (Wildman–Crippen MR) is 77.8 cm³/mol. The summed E-state index contributed by atoms with van der Waals surface area (Å²) in [4.78, 5) is 12.1. The third kappa shape index (κ3) is 3.59. The van der Waals surface area contributed by atoms with Crippen molar-refractivity contribution in [1.29, 1.82) is 0 Å². The highest BCUT2D eigenvalue weighted by Crippen LogP contribution is 2.27. The van der Waals surface area contributed by atoms with Crippen molar-refractivity contribution in [2.75, 3.05) is 5.32 Å². The van der Waals surface area contributed by atoms with Crippen molar-refractivity contribution in [3.8, 4) is 0 Å². The first-order valence-electron chi connectivity index (χ1n) is 7.03. The molecule has 1 aromatic carbocycles. The fourth-order valence-electron chi connectivity index (χ4n) is 2.15. The summed E-state index contributed by atoms with van der Waals surface area (Å²) >= 11 is 0. The van der Waals surface area contributed by atoms with Crippen LogP contribution in [0.15, 0.2) is 24.3 Å². The van der Waals surface area contributed by atoms with Crippen molar-refractivity contribution >= 4 is 11.6 Å². The van der Waals surface area contributed by atoms with E-state index < -0.39 is 0 Å². The van der Waals surface area contributed by atoms with Crippen molar-refractivity contribution in [3.63, 3.8) is 0 Å². The van der Waals surface area contributed by atoms with Gasteiger partial charge in [0, 0.05) is 11.6 Å². The zero-order valence-corrected chi connectivity index (χ0v) is 12.0. The number of benzene rings is 1. The third-order valence-electron chi connectivity index (χ3n) is 3.72. The van der Waals surface area contributed by atoms with Crippen molar-refractivity contribution in [2.45, 2.75) is 52.9 Å². The monoisotopic (exact) mass is 247 g/mol. The van der Waals surface area contributed by atoms with Crippen LogP contribution >= 0.6 is 0 Å². The smallest absolute Gasteiger partial charge is 0.227 e. The van der Waals surface area contributed by atoms with E-state index in [1.807, 2.05) is 18.2 Å². The molecule has 1 atom stereocenters. The van der Waals surface area contributed by atoms with Gasteiger partial charge >= 0.3 is 0 Å². The maximum atomic E-state index is 12.1. The van der Waals surface area contributed by atoms with Crippen molar-refractivity contribution in [1.82, 2.24) is 0 Å². The molecular weight excluding hydrogens is 222 g/mol. The minimum Gasteiger partial charge on any atom is -0.326 e. The van der Waals surface area contributed by atoms with Gasteiger partial charge in [0.1, 0.15) is 0 Å². The molecule has 1 amide bonds. The number of hydrogen-bond donors (Lipinski definition) is 1. The lowest BCUT2D eigenvalue weighted by molar-refractivity contribution is -0.120. The lowest BCUT2D eigenvalue weighted by atomic mass is 9.96. The van der Waals surface area contributed by atoms with Crippen LogP contribution in [0.1, 0.15) is 58.4 Å². The second-order valence-corrected chi connectivity index (χ2v) is 4.90. The van der Waals surface area contributed by atoms with Crippen LogP contribution in [0.5, 0.6) is 0 Å². The van der Waals surface area contributed by atoms with Crippen LogP contribution in [0.25, 0.3) is 0 Å². The van der Waals surface area contributed by atoms with E-state index in [0.717, 1.165) is 24.9 Å². The standard InChI is InChI=1S/C16H25NO/c1-5-12(4)14-10-8-9-11-15(14)17-16(18)13(6-2)7-3/h8-13H,5-7H2,1-4H3,(H,17,18). The zero-order valence-electron chi connectivity index (χ0n) is 12.0. The van der Waals surface area contributed by atoms with Gasteiger partial charge in [-0.25, -0.2) is 0 Å². The Labute approximate surface area is 111 Å². The first kappa shape index (κ1) is 14.7. The summed E-state index contributed by atoms with van der Waals surface area (Å²) in [6.45, 7) is 8.49. The third-order valence-corrected chi connectivity index (χ3v) is 3.72. The molecule has 0 aliphatic carbocycles. The minimum absolute atomic E-state index is 0.120. The molecule has 2 heteroatoms. The van der Waals surface area contributed by atoms with Crippen LogP contribution in [0.2, 0.25) is 0 Å². The van der Waals surface area contributed by atoms with E-state index in [4.69, 9.17) is 0 Å². The van der Waals surface area contributed by atoms with Gasteiger partial charge in [-0.1, -0.05) is 45.9 Å². The van der Waals surface area contributed by atoms with E-state index in [0.29, 0.717) is 5.92 Å². The van der Waals surface area contributed by atoms with E-state index in [9.17, 15) is 4.79 Å². The fourth-order valence-corrected chi connectivity index (χ4v) is 2.15. The van der Waals surface area contributed by atoms with Crippen LogP contribution in [0.4, 0.5) is 5.69 Å². The molecular formula is C16H25NO. The van der Waals surface area contributed by atoms with Crippen LogP contribution in [0, 0.1) is 5.92 Å². The highest BCUT2D eigenvalue weighted by Gasteiger charge is 2.16. The topological polar surface area (TPSA) is 29.1 Å². The second-order valence-electron chi connectivity index (χ2n) is 4.90. The van der Waals surface area contributed by atoms with Crippen LogP contribution in [-0.2, 0) is 4.79 Å². The molecule has 1 aromatic rings. The molecule has 1 N–H and O–H groups in total. The van der Waals surface area contributed by atoms with Gasteiger partial charge in [0.2, 0.25) is 5.91 Å². The molecule has 0 aliphatic heterocycles. The molecule has 2 nitrogen and oxygen atoms in total. The summed E-state index contributed by atoms with van der Waals surface area (Å²) in [5, 5.41) is 3.09. The Kier molecular flexibility index (Phi) is 5.90. The summed E-state index contributed by atoms with van der Waals surface area (Å²) in [7, 11) is 0. The van der Waals surface area contributed by atoms with Gasteiger partial charge < -0.3 is 5.32 Å². The zero-order chi connectivity index (χ0) is 13.5. The second kappa shape index (κ2) is 7.20. The molecule has 18 heavy (non-hydrogen) atoms. The van der Waals surface area contributed by atoms with Gasteiger partial charge in [0.15, 0.2) is 0 Å². The summed E-state index contributed by atoms with van der Waals surface area (Å²) in [6, 6.07) is 8.13. The Hall–Kier alpha value is -1.31. The van der Waals surface area contributed by atoms with E-state index in [1.54, 1.807) is 0 Å². The van der Waals surface area contributed by atoms with Gasteiger partial charge in [0.05, 0.1) is 0 Å². The maximum Gasteiger partial charge on any atom is 0.227 e. The van der Waals surface area contributed by atoms with Crippen molar-refractivity contribution in [3.05, 3.63) is 29.8 Å². The Balaban J connectivity index is 2.87. The van der Waals surface area contributed by atoms with E-state index in [1.165, 1.54) is 5.56 Å². The average molecular weight is 247 g/mol. The Morgan fingerprint density at radius 3 is 2.28 bits per heavy atom. The SMILES string of the molecule is CCC(CC)C(=O)Nc1ccccc1C(C)CC. The lowest BCUT2D eigenvalue weighted by Crippen LogP contribution is -2.22. The predicted octanol–water partition coefficient (Wildman–Crippen LogP) is 4.57.